The van der Waals surface area contributed by atoms with Gasteiger partial charge in [0.2, 0.25) is 0 Å². The van der Waals surface area contributed by atoms with Crippen molar-refractivity contribution in [1.29, 1.82) is 5.26 Å². The molecule has 0 aliphatic rings. The normalized spacial score (nSPS) is 10.2. The zero-order chi connectivity index (χ0) is 13.7. The Morgan fingerprint density at radius 2 is 2.11 bits per heavy atom. The van der Waals surface area contributed by atoms with Gasteiger partial charge in [0.05, 0.1) is 23.9 Å². The van der Waals surface area contributed by atoms with Gasteiger partial charge in [-0.2, -0.15) is 14.0 Å². The molecule has 0 aliphatic heterocycles. The highest BCUT2D eigenvalue weighted by Gasteiger charge is 2.17. The van der Waals surface area contributed by atoms with Crippen LogP contribution in [0, 0.1) is 11.3 Å². The van der Waals surface area contributed by atoms with Crippen LogP contribution < -0.4 is 4.74 Å². The molecular weight excluding hydrogens is 268 g/mol. The quantitative estimate of drug-likeness (QED) is 0.838. The second-order valence-corrected chi connectivity index (χ2v) is 3.59. The number of hydrogen-bond acceptors (Lipinski definition) is 3. The third-order valence-corrected chi connectivity index (χ3v) is 2.35. The standard InChI is InChI=1S/C11H8ClF2NO3/c12-4-8-2-6(5-15)1-7(3-9(16)17)10(8)18-11(13)14/h1-2,11H,3-4H2,(H,16,17). The predicted molar refractivity (Wildman–Crippen MR) is 58.7 cm³/mol. The Morgan fingerprint density at radius 1 is 1.50 bits per heavy atom. The first kappa shape index (κ1) is 14.2. The van der Waals surface area contributed by atoms with Crippen LogP contribution in [0.3, 0.4) is 0 Å². The summed E-state index contributed by atoms with van der Waals surface area (Å²) in [5, 5.41) is 17.5. The lowest BCUT2D eigenvalue weighted by Gasteiger charge is -2.13. The number of nitrogens with zero attached hydrogens (tertiary/aromatic N) is 1. The van der Waals surface area contributed by atoms with Crippen LogP contribution >= 0.6 is 11.6 Å². The first-order chi connectivity index (χ1) is 8.47. The van der Waals surface area contributed by atoms with Gasteiger partial charge in [-0.1, -0.05) is 0 Å². The number of hydrogen-bond donors (Lipinski definition) is 1. The van der Waals surface area contributed by atoms with Crippen molar-refractivity contribution < 1.29 is 23.4 Å². The molecule has 0 atom stereocenters. The summed E-state index contributed by atoms with van der Waals surface area (Å²) in [7, 11) is 0. The van der Waals surface area contributed by atoms with E-state index < -0.39 is 19.0 Å². The predicted octanol–water partition coefficient (Wildman–Crippen LogP) is 2.53. The molecule has 0 bridgehead atoms. The SMILES string of the molecule is N#Cc1cc(CCl)c(OC(F)F)c(CC(=O)O)c1. The van der Waals surface area contributed by atoms with Crippen LogP contribution in [-0.2, 0) is 17.1 Å². The molecule has 0 saturated heterocycles. The zero-order valence-corrected chi connectivity index (χ0v) is 9.75. The summed E-state index contributed by atoms with van der Waals surface area (Å²) in [6.45, 7) is -3.09. The molecule has 96 valence electrons. The van der Waals surface area contributed by atoms with Crippen LogP contribution in [0.25, 0.3) is 0 Å². The van der Waals surface area contributed by atoms with Crippen LogP contribution in [0.5, 0.6) is 5.75 Å². The van der Waals surface area contributed by atoms with E-state index in [1.165, 1.54) is 12.1 Å². The third-order valence-electron chi connectivity index (χ3n) is 2.06. The number of halogens is 3. The molecule has 0 aromatic heterocycles. The van der Waals surface area contributed by atoms with Crippen molar-refractivity contribution in [3.05, 3.63) is 28.8 Å². The Labute approximate surface area is 106 Å². The van der Waals surface area contributed by atoms with Gasteiger partial charge in [0, 0.05) is 11.1 Å². The van der Waals surface area contributed by atoms with E-state index in [-0.39, 0.29) is 28.3 Å². The number of rotatable bonds is 5. The average molecular weight is 276 g/mol. The summed E-state index contributed by atoms with van der Waals surface area (Å²) in [6.07, 6.45) is -0.526. The molecule has 0 saturated carbocycles. The summed E-state index contributed by atoms with van der Waals surface area (Å²) in [5.74, 6) is -1.66. The van der Waals surface area contributed by atoms with Gasteiger partial charge >= 0.3 is 12.6 Å². The number of carboxylic acid groups (broad SMARTS) is 1. The maximum Gasteiger partial charge on any atom is 0.387 e. The van der Waals surface area contributed by atoms with E-state index in [1.807, 2.05) is 0 Å². The Morgan fingerprint density at radius 3 is 2.56 bits per heavy atom. The number of carboxylic acids is 1. The average Bonchev–Trinajstić information content (AvgIpc) is 2.29. The molecule has 0 unspecified atom stereocenters. The Bertz CT molecular complexity index is 500. The van der Waals surface area contributed by atoms with Crippen molar-refractivity contribution in [2.45, 2.75) is 18.9 Å². The number of aliphatic carboxylic acids is 1. The van der Waals surface area contributed by atoms with Gasteiger partial charge in [-0.25, -0.2) is 0 Å². The molecule has 1 rings (SSSR count). The molecule has 1 aromatic carbocycles. The second-order valence-electron chi connectivity index (χ2n) is 3.32. The number of alkyl halides is 3. The molecule has 0 spiro atoms. The van der Waals surface area contributed by atoms with Crippen molar-refractivity contribution in [3.8, 4) is 11.8 Å². The number of nitriles is 1. The summed E-state index contributed by atoms with van der Waals surface area (Å²) < 4.78 is 28.8. The topological polar surface area (TPSA) is 70.3 Å². The molecule has 0 aliphatic carbocycles. The van der Waals surface area contributed by atoms with Crippen molar-refractivity contribution >= 4 is 17.6 Å². The monoisotopic (exact) mass is 275 g/mol. The Balaban J connectivity index is 3.32. The zero-order valence-electron chi connectivity index (χ0n) is 8.99. The summed E-state index contributed by atoms with van der Waals surface area (Å²) in [6, 6.07) is 4.29. The number of benzene rings is 1. The van der Waals surface area contributed by atoms with Gasteiger partial charge < -0.3 is 9.84 Å². The molecule has 4 nitrogen and oxygen atoms in total. The first-order valence-electron chi connectivity index (χ1n) is 4.76. The van der Waals surface area contributed by atoms with Gasteiger partial charge in [0.1, 0.15) is 5.75 Å². The molecule has 1 aromatic rings. The highest BCUT2D eigenvalue weighted by Crippen LogP contribution is 2.29. The lowest BCUT2D eigenvalue weighted by atomic mass is 10.0. The summed E-state index contributed by atoms with van der Waals surface area (Å²) in [5.41, 5.74) is 0.299. The molecule has 0 radical (unpaired) electrons. The second kappa shape index (κ2) is 6.17. The first-order valence-corrected chi connectivity index (χ1v) is 5.29. The molecule has 0 fully saturated rings. The van der Waals surface area contributed by atoms with Gasteiger partial charge in [-0.05, 0) is 12.1 Å². The van der Waals surface area contributed by atoms with Gasteiger partial charge in [-0.3, -0.25) is 4.79 Å². The van der Waals surface area contributed by atoms with Crippen LogP contribution in [0.15, 0.2) is 12.1 Å². The fraction of sp³-hybridized carbons (Fsp3) is 0.273. The fourth-order valence-corrected chi connectivity index (χ4v) is 1.65. The van der Waals surface area contributed by atoms with Crippen molar-refractivity contribution in [3.63, 3.8) is 0 Å². The minimum absolute atomic E-state index is 0.00231. The van der Waals surface area contributed by atoms with Crippen LogP contribution in [0.1, 0.15) is 16.7 Å². The van der Waals surface area contributed by atoms with Gasteiger partial charge in [0.25, 0.3) is 0 Å². The van der Waals surface area contributed by atoms with E-state index in [0.717, 1.165) is 0 Å². The fourth-order valence-electron chi connectivity index (χ4n) is 1.45. The van der Waals surface area contributed by atoms with Crippen LogP contribution in [0.2, 0.25) is 0 Å². The molecule has 18 heavy (non-hydrogen) atoms. The van der Waals surface area contributed by atoms with E-state index >= 15 is 0 Å². The van der Waals surface area contributed by atoms with Crippen molar-refractivity contribution in [1.82, 2.24) is 0 Å². The third kappa shape index (κ3) is 3.57. The van der Waals surface area contributed by atoms with E-state index in [0.29, 0.717) is 0 Å². The number of carbonyl (C=O) groups is 1. The lowest BCUT2D eigenvalue weighted by Crippen LogP contribution is -2.10. The highest BCUT2D eigenvalue weighted by molar-refractivity contribution is 6.17. The minimum Gasteiger partial charge on any atom is -0.481 e. The lowest BCUT2D eigenvalue weighted by molar-refractivity contribution is -0.136. The summed E-state index contributed by atoms with van der Waals surface area (Å²) >= 11 is 5.57. The van der Waals surface area contributed by atoms with E-state index in [1.54, 1.807) is 6.07 Å². The molecular formula is C11H8ClF2NO3. The summed E-state index contributed by atoms with van der Waals surface area (Å²) in [4.78, 5) is 10.6. The van der Waals surface area contributed by atoms with E-state index in [2.05, 4.69) is 4.74 Å². The van der Waals surface area contributed by atoms with Crippen LogP contribution in [-0.4, -0.2) is 17.7 Å². The Kier molecular flexibility index (Phi) is 4.86. The van der Waals surface area contributed by atoms with E-state index in [4.69, 9.17) is 22.0 Å². The maximum atomic E-state index is 12.3. The smallest absolute Gasteiger partial charge is 0.387 e. The maximum absolute atomic E-state index is 12.3. The van der Waals surface area contributed by atoms with Crippen LogP contribution in [0.4, 0.5) is 8.78 Å². The molecule has 7 heteroatoms. The van der Waals surface area contributed by atoms with Crippen molar-refractivity contribution in [2.75, 3.05) is 0 Å². The highest BCUT2D eigenvalue weighted by atomic mass is 35.5. The molecule has 0 amide bonds. The van der Waals surface area contributed by atoms with Crippen molar-refractivity contribution in [2.24, 2.45) is 0 Å². The number of ether oxygens (including phenoxy) is 1. The minimum atomic E-state index is -3.09. The largest absolute Gasteiger partial charge is 0.481 e. The Hall–Kier alpha value is -1.87. The van der Waals surface area contributed by atoms with Gasteiger partial charge in [-0.15, -0.1) is 11.6 Å². The van der Waals surface area contributed by atoms with Gasteiger partial charge in [0.15, 0.2) is 0 Å². The molecule has 1 N–H and O–H groups in total. The van der Waals surface area contributed by atoms with E-state index in [9.17, 15) is 13.6 Å². The molecule has 0 heterocycles.